The van der Waals surface area contributed by atoms with Crippen LogP contribution in [0.25, 0.3) is 0 Å². The number of nitrogens with zero attached hydrogens (tertiary/aromatic N) is 5. The van der Waals surface area contributed by atoms with Crippen LogP contribution in [0.2, 0.25) is 0 Å². The van der Waals surface area contributed by atoms with E-state index >= 15 is 0 Å². The highest BCUT2D eigenvalue weighted by atomic mass is 32.2. The molecule has 2 aromatic heterocycles. The summed E-state index contributed by atoms with van der Waals surface area (Å²) in [5.74, 6) is -4.91. The van der Waals surface area contributed by atoms with Crippen LogP contribution in [0.4, 0.5) is 16.8 Å². The van der Waals surface area contributed by atoms with Crippen LogP contribution in [-0.2, 0) is 30.6 Å². The monoisotopic (exact) mass is 684 g/mol. The third-order valence-corrected chi connectivity index (χ3v) is 8.81. The molecule has 0 spiro atoms. The molecule has 5 rings (SSSR count). The van der Waals surface area contributed by atoms with Crippen molar-refractivity contribution >= 4 is 69.3 Å². The number of amides is 2. The van der Waals surface area contributed by atoms with Crippen LogP contribution in [-0.4, -0.2) is 81.9 Å². The van der Waals surface area contributed by atoms with Crippen LogP contribution in [0.1, 0.15) is 17.4 Å². The van der Waals surface area contributed by atoms with E-state index < -0.39 is 58.5 Å². The molecule has 0 saturated carbocycles. The molecular weight excluding hydrogens is 658 g/mol. The number of carboxylic acid groups (broad SMARTS) is 2. The highest BCUT2D eigenvalue weighted by Gasteiger charge is 2.54. The van der Waals surface area contributed by atoms with Crippen LogP contribution in [0.5, 0.6) is 11.5 Å². The summed E-state index contributed by atoms with van der Waals surface area (Å²) in [6.07, 6.45) is 2.83. The fourth-order valence-corrected chi connectivity index (χ4v) is 6.44. The number of nitrogens with one attached hydrogen (secondary N) is 1. The van der Waals surface area contributed by atoms with Crippen LogP contribution < -0.4 is 27.1 Å². The summed E-state index contributed by atoms with van der Waals surface area (Å²) in [5, 5.41) is 45.9. The second kappa shape index (κ2) is 13.2. The molecule has 18 nitrogen and oxygen atoms in total. The number of β-lactam (4-membered cyclic amide) rings is 1. The molecule has 3 aromatic rings. The normalized spacial score (nSPS) is 18.4. The number of thioether (sulfide) groups is 1. The van der Waals surface area contributed by atoms with Gasteiger partial charge in [0.2, 0.25) is 24.1 Å². The number of fused-ring (bicyclic) bond motifs is 1. The van der Waals surface area contributed by atoms with E-state index in [0.29, 0.717) is 11.4 Å². The maximum absolute atomic E-state index is 13.4. The Morgan fingerprint density at radius 2 is 1.96 bits per heavy atom. The Labute approximate surface area is 272 Å². The third-order valence-electron chi connectivity index (χ3n) is 6.84. The summed E-state index contributed by atoms with van der Waals surface area (Å²) in [7, 11) is 0. The molecule has 1 aromatic carbocycles. The molecule has 3 atom stereocenters. The minimum absolute atomic E-state index is 0.0537. The van der Waals surface area contributed by atoms with E-state index in [1.165, 1.54) is 35.6 Å². The number of hydrogen-bond donors (Lipinski definition) is 8. The summed E-state index contributed by atoms with van der Waals surface area (Å²) >= 11 is 2.17. The maximum Gasteiger partial charge on any atom is 0.352 e. The van der Waals surface area contributed by atoms with Crippen molar-refractivity contribution in [2.45, 2.75) is 24.1 Å². The summed E-state index contributed by atoms with van der Waals surface area (Å²) in [4.78, 5) is 65.1. The molecule has 2 amide bonds. The van der Waals surface area contributed by atoms with Crippen LogP contribution >= 0.6 is 23.1 Å². The van der Waals surface area contributed by atoms with Gasteiger partial charge in [0.15, 0.2) is 22.3 Å². The molecule has 1 saturated heterocycles. The van der Waals surface area contributed by atoms with Crippen molar-refractivity contribution in [3.05, 3.63) is 70.7 Å². The number of aromatic hydroxyl groups is 2. The standard InChI is InChI=1S/C27H25N9O9S2/c28-16-7-17(29)35(10-31-16)5-1-2-12-8-46-24-19(23(40)36(24)20(12)25(41)42)33-22(39)18(13-9-47-27(30)32-13)34-45-21(26(43)44)11-3-4-14(37)15(38)6-11/h1-4,6-7,9-10,19,21,24H,5,8H2,(H10,28,29,30,32,33,34,37,38,39,41,42,43,44)/p+1/b2-1+/t19-,21+,24-/m1/s1. The zero-order chi connectivity index (χ0) is 34.0. The fraction of sp³-hybridized carbons (Fsp3) is 0.185. The average Bonchev–Trinajstić information content (AvgIpc) is 3.45. The molecule has 0 bridgehead atoms. The number of benzene rings is 1. The molecule has 4 heterocycles. The molecule has 0 aliphatic carbocycles. The summed E-state index contributed by atoms with van der Waals surface area (Å²) in [6, 6.07) is 3.47. The van der Waals surface area contributed by atoms with Crippen LogP contribution in [0, 0.1) is 0 Å². The predicted molar refractivity (Wildman–Crippen MR) is 166 cm³/mol. The van der Waals surface area contributed by atoms with E-state index in [1.54, 1.807) is 16.7 Å². The molecule has 0 radical (unpaired) electrons. The Balaban J connectivity index is 1.35. The highest BCUT2D eigenvalue weighted by Crippen LogP contribution is 2.40. The van der Waals surface area contributed by atoms with E-state index in [2.05, 4.69) is 20.4 Å². The molecule has 244 valence electrons. The number of carbonyl (C=O) groups excluding carboxylic acids is 2. The number of carbonyl (C=O) groups is 4. The molecule has 2 aliphatic rings. The van der Waals surface area contributed by atoms with Gasteiger partial charge >= 0.3 is 11.9 Å². The van der Waals surface area contributed by atoms with Gasteiger partial charge in [0.1, 0.15) is 22.8 Å². The van der Waals surface area contributed by atoms with Crippen molar-refractivity contribution in [2.75, 3.05) is 23.0 Å². The third kappa shape index (κ3) is 6.72. The van der Waals surface area contributed by atoms with Crippen molar-refractivity contribution < 1.29 is 49.0 Å². The average molecular weight is 685 g/mol. The van der Waals surface area contributed by atoms with Gasteiger partial charge in [0, 0.05) is 16.7 Å². The number of phenolic OH excluding ortho intramolecular Hbond substituents is 2. The number of aromatic nitrogens is 3. The molecular formula is C27H26N9O9S2+. The first kappa shape index (κ1) is 32.5. The molecule has 1 fully saturated rings. The van der Waals surface area contributed by atoms with Gasteiger partial charge < -0.3 is 47.8 Å². The van der Waals surface area contributed by atoms with Crippen LogP contribution in [0.3, 0.4) is 0 Å². The number of nitrogens with two attached hydrogens (primary N) is 3. The lowest BCUT2D eigenvalue weighted by Gasteiger charge is -2.49. The Kier molecular flexibility index (Phi) is 9.15. The first-order chi connectivity index (χ1) is 22.3. The molecule has 0 unspecified atom stereocenters. The zero-order valence-electron chi connectivity index (χ0n) is 23.9. The molecule has 20 heteroatoms. The van der Waals surface area contributed by atoms with Gasteiger partial charge in [-0.25, -0.2) is 19.1 Å². The topological polar surface area (TPSA) is 294 Å². The lowest BCUT2D eigenvalue weighted by atomic mass is 10.0. The van der Waals surface area contributed by atoms with Crippen LogP contribution in [0.15, 0.2) is 64.6 Å². The second-order valence-corrected chi connectivity index (χ2v) is 11.9. The number of oxime groups is 1. The number of nitrogen functional groups attached to an aromatic ring is 3. The van der Waals surface area contributed by atoms with Crippen molar-refractivity contribution in [3.8, 4) is 11.5 Å². The van der Waals surface area contributed by atoms with E-state index in [0.717, 1.165) is 28.4 Å². The smallest absolute Gasteiger partial charge is 0.352 e. The number of phenols is 2. The quantitative estimate of drug-likeness (QED) is 0.0416. The second-order valence-electron chi connectivity index (χ2n) is 9.92. The molecule has 2 aliphatic heterocycles. The number of rotatable bonds is 11. The number of anilines is 3. The SMILES string of the molecule is Nc1cc(N)[n+](C/C=C/C2=C(C(=O)O)N3C(=O)[C@@H](NC(=O)/C(=N\O[C@H](C(=O)O)c4ccc(O)c(O)c4)c4csc(N)n4)[C@H]3SC2)cn1. The van der Waals surface area contributed by atoms with E-state index in [-0.39, 0.29) is 40.2 Å². The fourth-order valence-electron chi connectivity index (χ4n) is 4.57. The maximum atomic E-state index is 13.4. The number of hydrogen-bond acceptors (Lipinski definition) is 15. The number of thiazole rings is 1. The lowest BCUT2D eigenvalue weighted by molar-refractivity contribution is -0.675. The summed E-state index contributed by atoms with van der Waals surface area (Å²) in [6.45, 7) is 0.248. The first-order valence-corrected chi connectivity index (χ1v) is 15.3. The highest BCUT2D eigenvalue weighted by molar-refractivity contribution is 8.00. The number of aliphatic carboxylic acids is 2. The number of allylic oxidation sites excluding steroid dienone is 2. The van der Waals surface area contributed by atoms with Crippen molar-refractivity contribution in [3.63, 3.8) is 0 Å². The Morgan fingerprint density at radius 3 is 2.60 bits per heavy atom. The Morgan fingerprint density at radius 1 is 1.19 bits per heavy atom. The van der Waals surface area contributed by atoms with Gasteiger partial charge in [-0.3, -0.25) is 14.5 Å². The van der Waals surface area contributed by atoms with Gasteiger partial charge in [0.05, 0.1) is 12.6 Å². The summed E-state index contributed by atoms with van der Waals surface area (Å²) in [5.41, 5.74) is 16.6. The van der Waals surface area contributed by atoms with Gasteiger partial charge in [-0.15, -0.1) is 23.1 Å². The zero-order valence-corrected chi connectivity index (χ0v) is 25.5. The first-order valence-electron chi connectivity index (χ1n) is 13.3. The van der Waals surface area contributed by atoms with Crippen molar-refractivity contribution in [1.29, 1.82) is 0 Å². The van der Waals surface area contributed by atoms with E-state index in [4.69, 9.17) is 22.0 Å². The number of carboxylic acids is 2. The molecule has 47 heavy (non-hydrogen) atoms. The van der Waals surface area contributed by atoms with E-state index in [9.17, 15) is 39.6 Å². The largest absolute Gasteiger partial charge is 0.504 e. The predicted octanol–water partition coefficient (Wildman–Crippen LogP) is -0.475. The van der Waals surface area contributed by atoms with Crippen molar-refractivity contribution in [2.24, 2.45) is 5.16 Å². The van der Waals surface area contributed by atoms with Gasteiger partial charge in [-0.2, -0.15) is 0 Å². The van der Waals surface area contributed by atoms with E-state index in [1.807, 2.05) is 0 Å². The van der Waals surface area contributed by atoms with Gasteiger partial charge in [-0.1, -0.05) is 28.4 Å². The van der Waals surface area contributed by atoms with Crippen molar-refractivity contribution in [1.82, 2.24) is 20.2 Å². The minimum Gasteiger partial charge on any atom is -0.504 e. The summed E-state index contributed by atoms with van der Waals surface area (Å²) < 4.78 is 1.58. The minimum atomic E-state index is -1.82. The molecule has 11 N–H and O–H groups in total. The van der Waals surface area contributed by atoms with Gasteiger partial charge in [-0.05, 0) is 17.7 Å². The lowest BCUT2D eigenvalue weighted by Crippen LogP contribution is -2.71. The Bertz CT molecular complexity index is 1880. The van der Waals surface area contributed by atoms with Gasteiger partial charge in [0.25, 0.3) is 11.8 Å². The Hall–Kier alpha value is -5.89.